The van der Waals surface area contributed by atoms with Gasteiger partial charge in [-0.05, 0) is 18.6 Å². The lowest BCUT2D eigenvalue weighted by Crippen LogP contribution is -2.50. The molecule has 0 saturated carbocycles. The van der Waals surface area contributed by atoms with Gasteiger partial charge in [0.25, 0.3) is 0 Å². The first-order valence-corrected chi connectivity index (χ1v) is 7.31. The van der Waals surface area contributed by atoms with E-state index in [2.05, 4.69) is 5.32 Å². The molecule has 124 valence electrons. The van der Waals surface area contributed by atoms with Crippen molar-refractivity contribution in [3.63, 3.8) is 0 Å². The molecule has 0 aromatic heterocycles. The smallest absolute Gasteiger partial charge is 0.310 e. The first-order valence-electron chi connectivity index (χ1n) is 7.31. The number of aliphatic hydroxyl groups excluding tert-OH is 1. The second-order valence-electron chi connectivity index (χ2n) is 5.92. The first-order chi connectivity index (χ1) is 10.9. The van der Waals surface area contributed by atoms with Crippen LogP contribution < -0.4 is 10.2 Å². The van der Waals surface area contributed by atoms with E-state index in [-0.39, 0.29) is 43.1 Å². The molecule has 2 fully saturated rings. The fourth-order valence-corrected chi connectivity index (χ4v) is 3.04. The third kappa shape index (κ3) is 2.86. The zero-order chi connectivity index (χ0) is 16.7. The van der Waals surface area contributed by atoms with Gasteiger partial charge in [-0.15, -0.1) is 0 Å². The van der Waals surface area contributed by atoms with E-state index in [9.17, 15) is 23.5 Å². The van der Waals surface area contributed by atoms with Crippen LogP contribution in [0.4, 0.5) is 14.5 Å². The minimum Gasteiger partial charge on any atom is -0.481 e. The number of nitrogens with zero attached hydrogens (tertiary/aromatic N) is 1. The monoisotopic (exact) mass is 326 g/mol. The average molecular weight is 326 g/mol. The molecule has 1 amide bonds. The topological polar surface area (TPSA) is 89.9 Å². The first kappa shape index (κ1) is 15.7. The normalized spacial score (nSPS) is 25.0. The largest absolute Gasteiger partial charge is 0.481 e. The van der Waals surface area contributed by atoms with Gasteiger partial charge in [0.15, 0.2) is 0 Å². The predicted molar refractivity (Wildman–Crippen MR) is 75.8 cm³/mol. The average Bonchev–Trinajstić information content (AvgIpc) is 2.38. The van der Waals surface area contributed by atoms with E-state index >= 15 is 0 Å². The zero-order valence-electron chi connectivity index (χ0n) is 12.1. The SMILES string of the molecule is O=C1CC[C@H](c2c(F)cc(N3CC(C(=O)O)C3)cc2F)C(O)N1. The lowest BCUT2D eigenvalue weighted by Gasteiger charge is -2.39. The Morgan fingerprint density at radius 2 is 1.87 bits per heavy atom. The fourth-order valence-electron chi connectivity index (χ4n) is 3.04. The zero-order valence-corrected chi connectivity index (χ0v) is 12.1. The van der Waals surface area contributed by atoms with Crippen LogP contribution in [0.15, 0.2) is 12.1 Å². The number of aliphatic carboxylic acids is 1. The molecular formula is C15H16F2N2O4. The van der Waals surface area contributed by atoms with Crippen LogP contribution in [0.1, 0.15) is 24.3 Å². The van der Waals surface area contributed by atoms with Crippen LogP contribution in [-0.2, 0) is 9.59 Å². The van der Waals surface area contributed by atoms with Gasteiger partial charge in [-0.2, -0.15) is 0 Å². The van der Waals surface area contributed by atoms with E-state index in [4.69, 9.17) is 5.11 Å². The van der Waals surface area contributed by atoms with Gasteiger partial charge in [0.1, 0.15) is 17.9 Å². The summed E-state index contributed by atoms with van der Waals surface area (Å²) in [5.41, 5.74) is 0.0205. The van der Waals surface area contributed by atoms with E-state index in [0.29, 0.717) is 0 Å². The van der Waals surface area contributed by atoms with Crippen LogP contribution in [0.2, 0.25) is 0 Å². The maximum absolute atomic E-state index is 14.3. The van der Waals surface area contributed by atoms with Crippen molar-refractivity contribution < 1.29 is 28.6 Å². The molecule has 0 bridgehead atoms. The van der Waals surface area contributed by atoms with Crippen LogP contribution in [0.25, 0.3) is 0 Å². The van der Waals surface area contributed by atoms with Gasteiger partial charge in [-0.3, -0.25) is 9.59 Å². The number of carbonyl (C=O) groups is 2. The molecule has 1 unspecified atom stereocenters. The Morgan fingerprint density at radius 1 is 1.26 bits per heavy atom. The third-order valence-corrected chi connectivity index (χ3v) is 4.40. The molecule has 2 aliphatic rings. The summed E-state index contributed by atoms with van der Waals surface area (Å²) in [4.78, 5) is 23.5. The number of hydrogen-bond acceptors (Lipinski definition) is 4. The van der Waals surface area contributed by atoms with Crippen LogP contribution in [0.5, 0.6) is 0 Å². The van der Waals surface area contributed by atoms with E-state index in [1.165, 1.54) is 0 Å². The Hall–Kier alpha value is -2.22. The maximum atomic E-state index is 14.3. The number of benzene rings is 1. The fraction of sp³-hybridized carbons (Fsp3) is 0.467. The summed E-state index contributed by atoms with van der Waals surface area (Å²) in [5.74, 6) is -4.27. The highest BCUT2D eigenvalue weighted by Crippen LogP contribution is 2.35. The number of anilines is 1. The molecule has 2 atom stereocenters. The van der Waals surface area contributed by atoms with Crippen LogP contribution in [0.3, 0.4) is 0 Å². The molecule has 6 nitrogen and oxygen atoms in total. The number of piperidine rings is 1. The van der Waals surface area contributed by atoms with Gasteiger partial charge in [0.2, 0.25) is 5.91 Å². The molecule has 2 saturated heterocycles. The third-order valence-electron chi connectivity index (χ3n) is 4.40. The molecule has 1 aromatic carbocycles. The van der Waals surface area contributed by atoms with Crippen molar-refractivity contribution in [3.05, 3.63) is 29.3 Å². The number of aliphatic hydroxyl groups is 1. The summed E-state index contributed by atoms with van der Waals surface area (Å²) in [5, 5.41) is 20.9. The quantitative estimate of drug-likeness (QED) is 0.764. The maximum Gasteiger partial charge on any atom is 0.310 e. The minimum absolute atomic E-state index is 0.0920. The Balaban J connectivity index is 1.81. The molecule has 3 rings (SSSR count). The second-order valence-corrected chi connectivity index (χ2v) is 5.92. The summed E-state index contributed by atoms with van der Waals surface area (Å²) >= 11 is 0. The summed E-state index contributed by atoms with van der Waals surface area (Å²) in [6.07, 6.45) is -1.08. The van der Waals surface area contributed by atoms with Crippen LogP contribution in [0, 0.1) is 17.6 Å². The molecule has 3 N–H and O–H groups in total. The Bertz CT molecular complexity index is 638. The highest BCUT2D eigenvalue weighted by Gasteiger charge is 2.36. The molecule has 0 spiro atoms. The Kier molecular flexibility index (Phi) is 3.93. The summed E-state index contributed by atoms with van der Waals surface area (Å²) < 4.78 is 28.7. The molecule has 23 heavy (non-hydrogen) atoms. The lowest BCUT2D eigenvalue weighted by molar-refractivity contribution is -0.142. The number of halogens is 2. The summed E-state index contributed by atoms with van der Waals surface area (Å²) in [6, 6.07) is 2.28. The van der Waals surface area contributed by atoms with Crippen molar-refractivity contribution in [3.8, 4) is 0 Å². The van der Waals surface area contributed by atoms with Gasteiger partial charge in [0.05, 0.1) is 5.92 Å². The van der Waals surface area contributed by atoms with Crippen molar-refractivity contribution in [1.29, 1.82) is 0 Å². The van der Waals surface area contributed by atoms with Crippen LogP contribution >= 0.6 is 0 Å². The van der Waals surface area contributed by atoms with E-state index in [1.54, 1.807) is 4.90 Å². The van der Waals surface area contributed by atoms with Crippen molar-refractivity contribution in [2.45, 2.75) is 25.0 Å². The molecule has 1 aromatic rings. The van der Waals surface area contributed by atoms with Gasteiger partial charge in [-0.25, -0.2) is 8.78 Å². The van der Waals surface area contributed by atoms with Gasteiger partial charge >= 0.3 is 5.97 Å². The number of nitrogens with one attached hydrogen (secondary N) is 1. The molecule has 2 heterocycles. The standard InChI is InChI=1S/C15H16F2N2O4/c16-10-3-8(19-5-7(6-19)15(22)23)4-11(17)13(10)9-1-2-12(20)18-14(9)21/h3-4,7,9,14,21H,1-2,5-6H2,(H,18,20)(H,22,23)/t9-,14?/m1/s1. The number of rotatable bonds is 3. The minimum atomic E-state index is -1.33. The molecule has 0 radical (unpaired) electrons. The molecule has 0 aliphatic carbocycles. The molecule has 2 aliphatic heterocycles. The number of carboxylic acid groups (broad SMARTS) is 1. The number of amides is 1. The Labute approximate surface area is 130 Å². The van der Waals surface area contributed by atoms with E-state index in [0.717, 1.165) is 12.1 Å². The van der Waals surface area contributed by atoms with Gasteiger partial charge < -0.3 is 20.4 Å². The number of carbonyl (C=O) groups excluding carboxylic acids is 1. The summed E-state index contributed by atoms with van der Waals surface area (Å²) in [6.45, 7) is 0.408. The highest BCUT2D eigenvalue weighted by atomic mass is 19.1. The second kappa shape index (κ2) is 5.77. The van der Waals surface area contributed by atoms with Crippen LogP contribution in [-0.4, -0.2) is 41.4 Å². The number of carboxylic acids is 1. The predicted octanol–water partition coefficient (Wildman–Crippen LogP) is 0.798. The van der Waals surface area contributed by atoms with Gasteiger partial charge in [-0.1, -0.05) is 0 Å². The highest BCUT2D eigenvalue weighted by molar-refractivity contribution is 5.77. The summed E-state index contributed by atoms with van der Waals surface area (Å²) in [7, 11) is 0. The molecule has 8 heteroatoms. The van der Waals surface area contributed by atoms with E-state index < -0.39 is 35.7 Å². The van der Waals surface area contributed by atoms with Crippen molar-refractivity contribution in [2.24, 2.45) is 5.92 Å². The van der Waals surface area contributed by atoms with Crippen molar-refractivity contribution in [1.82, 2.24) is 5.32 Å². The molecular weight excluding hydrogens is 310 g/mol. The van der Waals surface area contributed by atoms with E-state index in [1.807, 2.05) is 0 Å². The Morgan fingerprint density at radius 3 is 2.39 bits per heavy atom. The lowest BCUT2D eigenvalue weighted by atomic mass is 9.88. The van der Waals surface area contributed by atoms with Crippen molar-refractivity contribution >= 4 is 17.6 Å². The van der Waals surface area contributed by atoms with Gasteiger partial charge in [0, 0.05) is 36.7 Å². The number of hydrogen-bond donors (Lipinski definition) is 3. The van der Waals surface area contributed by atoms with Crippen molar-refractivity contribution in [2.75, 3.05) is 18.0 Å².